The van der Waals surface area contributed by atoms with Crippen LogP contribution in [0.25, 0.3) is 0 Å². The SMILES string of the molecule is Cc1c(Cl)nc(NCCC2(C)C=CC=C(CN(C)C(=O)C(F)(F)F)C2)c(=O)n1CC(=O)OCc1ccccc1. The Labute approximate surface area is 229 Å². The van der Waals surface area contributed by atoms with E-state index in [0.717, 1.165) is 12.6 Å². The van der Waals surface area contributed by atoms with Crippen molar-refractivity contribution in [1.82, 2.24) is 14.5 Å². The molecule has 1 aromatic heterocycles. The fourth-order valence-corrected chi connectivity index (χ4v) is 4.42. The summed E-state index contributed by atoms with van der Waals surface area (Å²) in [5.41, 5.74) is 0.831. The van der Waals surface area contributed by atoms with E-state index in [-0.39, 0.29) is 30.7 Å². The molecule has 0 radical (unpaired) electrons. The number of hydrogen-bond donors (Lipinski definition) is 1. The molecule has 0 spiro atoms. The van der Waals surface area contributed by atoms with Gasteiger partial charge in [0.25, 0.3) is 5.56 Å². The lowest BCUT2D eigenvalue weighted by atomic mass is 9.77. The minimum Gasteiger partial charge on any atom is -0.459 e. The second-order valence-corrected chi connectivity index (χ2v) is 10.1. The number of nitrogens with one attached hydrogen (secondary N) is 1. The number of carbonyl (C=O) groups is 2. The van der Waals surface area contributed by atoms with Crippen LogP contribution in [0.3, 0.4) is 0 Å². The summed E-state index contributed by atoms with van der Waals surface area (Å²) >= 11 is 6.23. The van der Waals surface area contributed by atoms with Gasteiger partial charge in [0.05, 0.1) is 5.69 Å². The van der Waals surface area contributed by atoms with Crippen LogP contribution < -0.4 is 10.9 Å². The molecule has 1 aromatic carbocycles. The van der Waals surface area contributed by atoms with Crippen molar-refractivity contribution in [3.05, 3.63) is 80.9 Å². The number of esters is 1. The summed E-state index contributed by atoms with van der Waals surface area (Å²) in [6, 6.07) is 9.13. The van der Waals surface area contributed by atoms with Crippen LogP contribution in [0.2, 0.25) is 5.15 Å². The van der Waals surface area contributed by atoms with Crippen molar-refractivity contribution in [1.29, 1.82) is 0 Å². The van der Waals surface area contributed by atoms with Gasteiger partial charge in [0, 0.05) is 20.1 Å². The van der Waals surface area contributed by atoms with Crippen LogP contribution in [-0.4, -0.2) is 52.6 Å². The van der Waals surface area contributed by atoms with Crippen molar-refractivity contribution in [3.63, 3.8) is 0 Å². The van der Waals surface area contributed by atoms with E-state index in [2.05, 4.69) is 10.3 Å². The molecule has 12 heteroatoms. The lowest BCUT2D eigenvalue weighted by Crippen LogP contribution is -2.40. The molecule has 0 fully saturated rings. The minimum atomic E-state index is -4.93. The van der Waals surface area contributed by atoms with Crippen molar-refractivity contribution in [2.75, 3.05) is 25.5 Å². The molecule has 1 N–H and O–H groups in total. The fraction of sp³-hybridized carbons (Fsp3) is 0.407. The summed E-state index contributed by atoms with van der Waals surface area (Å²) in [6.07, 6.45) is 1.39. The van der Waals surface area contributed by atoms with Crippen LogP contribution in [0.1, 0.15) is 31.0 Å². The number of hydrogen-bond acceptors (Lipinski definition) is 6. The first-order chi connectivity index (χ1) is 18.3. The molecule has 8 nitrogen and oxygen atoms in total. The quantitative estimate of drug-likeness (QED) is 0.420. The van der Waals surface area contributed by atoms with E-state index >= 15 is 0 Å². The van der Waals surface area contributed by atoms with Crippen LogP contribution in [0.5, 0.6) is 0 Å². The number of alkyl halides is 3. The summed E-state index contributed by atoms with van der Waals surface area (Å²) < 4.78 is 44.7. The Morgan fingerprint density at radius 2 is 1.95 bits per heavy atom. The molecule has 3 rings (SSSR count). The van der Waals surface area contributed by atoms with E-state index < -0.39 is 29.0 Å². The highest BCUT2D eigenvalue weighted by Crippen LogP contribution is 2.35. The average Bonchev–Trinajstić information content (AvgIpc) is 2.88. The third-order valence-electron chi connectivity index (χ3n) is 6.37. The summed E-state index contributed by atoms with van der Waals surface area (Å²) in [5.74, 6) is -2.54. The maximum Gasteiger partial charge on any atom is 0.471 e. The smallest absolute Gasteiger partial charge is 0.459 e. The van der Waals surface area contributed by atoms with E-state index in [9.17, 15) is 27.6 Å². The zero-order valence-corrected chi connectivity index (χ0v) is 22.6. The Morgan fingerprint density at radius 3 is 2.62 bits per heavy atom. The third kappa shape index (κ3) is 8.19. The van der Waals surface area contributed by atoms with Gasteiger partial charge in [0.1, 0.15) is 13.2 Å². The second kappa shape index (κ2) is 12.5. The van der Waals surface area contributed by atoms with Crippen molar-refractivity contribution >= 4 is 29.3 Å². The summed E-state index contributed by atoms with van der Waals surface area (Å²) in [5, 5.41) is 3.03. The number of ether oxygens (including phenoxy) is 1. The van der Waals surface area contributed by atoms with E-state index in [1.54, 1.807) is 19.1 Å². The van der Waals surface area contributed by atoms with Crippen LogP contribution in [0, 0.1) is 12.3 Å². The van der Waals surface area contributed by atoms with Crippen molar-refractivity contribution in [3.8, 4) is 0 Å². The van der Waals surface area contributed by atoms with Gasteiger partial charge in [-0.2, -0.15) is 13.2 Å². The van der Waals surface area contributed by atoms with Gasteiger partial charge in [-0.05, 0) is 30.7 Å². The van der Waals surface area contributed by atoms with Gasteiger partial charge >= 0.3 is 18.1 Å². The zero-order chi connectivity index (χ0) is 28.8. The number of aromatic nitrogens is 2. The van der Waals surface area contributed by atoms with Crippen molar-refractivity contribution in [2.24, 2.45) is 5.41 Å². The average molecular weight is 567 g/mol. The number of anilines is 1. The number of likely N-dealkylation sites (N-methyl/N-ethyl adjacent to an activating group) is 1. The lowest BCUT2D eigenvalue weighted by molar-refractivity contribution is -0.183. The maximum atomic E-state index is 13.1. The number of halogens is 4. The molecule has 1 heterocycles. The number of nitrogens with zero attached hydrogens (tertiary/aromatic N) is 3. The molecule has 210 valence electrons. The topological polar surface area (TPSA) is 93.5 Å². The predicted molar refractivity (Wildman–Crippen MR) is 141 cm³/mol. The van der Waals surface area contributed by atoms with Crippen LogP contribution in [0.15, 0.2) is 58.9 Å². The number of carbonyl (C=O) groups excluding carboxylic acids is 2. The third-order valence-corrected chi connectivity index (χ3v) is 6.73. The highest BCUT2D eigenvalue weighted by atomic mass is 35.5. The van der Waals surface area contributed by atoms with E-state index in [1.807, 2.05) is 43.3 Å². The lowest BCUT2D eigenvalue weighted by Gasteiger charge is -2.31. The standard InChI is InChI=1S/C27H30ClF3N4O4/c1-18-22(28)33-23(24(37)35(18)16-21(36)39-17-19-8-5-4-6-9-19)32-13-12-26(2)11-7-10-20(14-26)15-34(3)25(38)27(29,30)31/h4-11H,12-17H2,1-3H3,(H,32,33). The molecule has 1 unspecified atom stereocenters. The normalized spacial score (nSPS) is 16.9. The first-order valence-electron chi connectivity index (χ1n) is 12.2. The van der Waals surface area contributed by atoms with E-state index in [4.69, 9.17) is 16.3 Å². The maximum absolute atomic E-state index is 13.1. The molecule has 39 heavy (non-hydrogen) atoms. The molecule has 1 aliphatic rings. The molecule has 1 atom stereocenters. The summed E-state index contributed by atoms with van der Waals surface area (Å²) in [6.45, 7) is 3.39. The molecule has 0 saturated carbocycles. The Balaban J connectivity index is 1.60. The molecule has 0 saturated heterocycles. The molecular formula is C27H30ClF3N4O4. The van der Waals surface area contributed by atoms with E-state index in [1.165, 1.54) is 4.57 Å². The summed E-state index contributed by atoms with van der Waals surface area (Å²) in [4.78, 5) is 41.7. The Morgan fingerprint density at radius 1 is 1.26 bits per heavy atom. The first-order valence-corrected chi connectivity index (χ1v) is 12.6. The Hall–Kier alpha value is -3.60. The largest absolute Gasteiger partial charge is 0.471 e. The number of allylic oxidation sites excluding steroid dienone is 3. The van der Waals surface area contributed by atoms with Crippen LogP contribution >= 0.6 is 11.6 Å². The Kier molecular flexibility index (Phi) is 9.60. The minimum absolute atomic E-state index is 0.0314. The monoisotopic (exact) mass is 566 g/mol. The van der Waals surface area contributed by atoms with Gasteiger partial charge in [0.15, 0.2) is 11.0 Å². The number of rotatable bonds is 10. The van der Waals surface area contributed by atoms with Crippen molar-refractivity contribution < 1.29 is 27.5 Å². The molecule has 2 aromatic rings. The van der Waals surface area contributed by atoms with Gasteiger partial charge in [-0.3, -0.25) is 19.0 Å². The van der Waals surface area contributed by atoms with E-state index in [0.29, 0.717) is 35.6 Å². The second-order valence-electron chi connectivity index (χ2n) is 9.72. The van der Waals surface area contributed by atoms with Gasteiger partial charge in [-0.15, -0.1) is 0 Å². The van der Waals surface area contributed by atoms with Crippen molar-refractivity contribution in [2.45, 2.75) is 46.0 Å². The van der Waals surface area contributed by atoms with Gasteiger partial charge < -0.3 is 15.0 Å². The first kappa shape index (κ1) is 29.9. The summed E-state index contributed by atoms with van der Waals surface area (Å²) in [7, 11) is 1.11. The highest BCUT2D eigenvalue weighted by molar-refractivity contribution is 6.30. The van der Waals surface area contributed by atoms with Crippen LogP contribution in [0.4, 0.5) is 19.0 Å². The predicted octanol–water partition coefficient (Wildman–Crippen LogP) is 4.66. The number of amides is 1. The highest BCUT2D eigenvalue weighted by Gasteiger charge is 2.41. The molecular weight excluding hydrogens is 537 g/mol. The number of benzene rings is 1. The molecule has 1 aliphatic carbocycles. The van der Waals surface area contributed by atoms with Crippen LogP contribution in [-0.2, 0) is 27.5 Å². The van der Waals surface area contributed by atoms with Gasteiger partial charge in [-0.1, -0.05) is 72.7 Å². The van der Waals surface area contributed by atoms with Gasteiger partial charge in [-0.25, -0.2) is 4.98 Å². The zero-order valence-electron chi connectivity index (χ0n) is 21.8. The fourth-order valence-electron chi connectivity index (χ4n) is 4.23. The molecule has 0 bridgehead atoms. The molecule has 1 amide bonds. The Bertz CT molecular complexity index is 1320. The molecule has 0 aliphatic heterocycles. The van der Waals surface area contributed by atoms with Gasteiger partial charge in [0.2, 0.25) is 0 Å².